The van der Waals surface area contributed by atoms with Crippen molar-refractivity contribution >= 4 is 0 Å². The highest BCUT2D eigenvalue weighted by atomic mass is 19.3. The van der Waals surface area contributed by atoms with E-state index in [1.807, 2.05) is 0 Å². The van der Waals surface area contributed by atoms with Gasteiger partial charge < -0.3 is 9.47 Å². The molecule has 2 nitrogen and oxygen atoms in total. The van der Waals surface area contributed by atoms with Crippen LogP contribution < -0.4 is 9.47 Å². The molecule has 0 heterocycles. The van der Waals surface area contributed by atoms with E-state index in [0.29, 0.717) is 5.92 Å². The molecule has 0 atom stereocenters. The number of alkyl halides is 2. The maximum Gasteiger partial charge on any atom is 0.429 e. The SMILES string of the molecule is CCCCCC1CCC(c2ccc(OC(F)(F)c3c(C)cc(OCC)c(F)c3F)cc2)CC1. The third-order valence-corrected chi connectivity index (χ3v) is 6.62. The Morgan fingerprint density at radius 3 is 2.21 bits per heavy atom. The summed E-state index contributed by atoms with van der Waals surface area (Å²) in [5.41, 5.74) is -0.157. The van der Waals surface area contributed by atoms with Crippen LogP contribution in [0.3, 0.4) is 0 Å². The normalized spacial score (nSPS) is 18.9. The minimum Gasteiger partial charge on any atom is -0.491 e. The molecule has 2 aromatic carbocycles. The summed E-state index contributed by atoms with van der Waals surface area (Å²) in [5, 5.41) is 0. The van der Waals surface area contributed by atoms with E-state index >= 15 is 0 Å². The molecule has 182 valence electrons. The van der Waals surface area contributed by atoms with Gasteiger partial charge in [0.25, 0.3) is 0 Å². The lowest BCUT2D eigenvalue weighted by molar-refractivity contribution is -0.188. The Labute approximate surface area is 194 Å². The van der Waals surface area contributed by atoms with Crippen molar-refractivity contribution in [2.75, 3.05) is 6.61 Å². The molecule has 0 radical (unpaired) electrons. The molecule has 1 fully saturated rings. The number of hydrogen-bond donors (Lipinski definition) is 0. The van der Waals surface area contributed by atoms with Crippen LogP contribution in [0.25, 0.3) is 0 Å². The van der Waals surface area contributed by atoms with Crippen molar-refractivity contribution in [2.24, 2.45) is 5.92 Å². The van der Waals surface area contributed by atoms with E-state index in [0.717, 1.165) is 30.4 Å². The molecule has 0 spiro atoms. The lowest BCUT2D eigenvalue weighted by atomic mass is 9.77. The first-order valence-corrected chi connectivity index (χ1v) is 12.0. The summed E-state index contributed by atoms with van der Waals surface area (Å²) in [6.07, 6.45) is 5.69. The number of aryl methyl sites for hydroxylation is 1. The molecule has 0 N–H and O–H groups in total. The summed E-state index contributed by atoms with van der Waals surface area (Å²) in [7, 11) is 0. The van der Waals surface area contributed by atoms with Gasteiger partial charge in [0.15, 0.2) is 11.6 Å². The highest BCUT2D eigenvalue weighted by Gasteiger charge is 2.41. The zero-order valence-corrected chi connectivity index (χ0v) is 19.7. The summed E-state index contributed by atoms with van der Waals surface area (Å²) < 4.78 is 68.1. The van der Waals surface area contributed by atoms with Crippen LogP contribution in [0.2, 0.25) is 0 Å². The quantitative estimate of drug-likeness (QED) is 0.258. The van der Waals surface area contributed by atoms with Gasteiger partial charge >= 0.3 is 6.11 Å². The maximum atomic E-state index is 14.8. The molecule has 6 heteroatoms. The van der Waals surface area contributed by atoms with E-state index in [-0.39, 0.29) is 17.9 Å². The van der Waals surface area contributed by atoms with Crippen LogP contribution in [0, 0.1) is 24.5 Å². The molecule has 0 bridgehead atoms. The lowest BCUT2D eigenvalue weighted by Gasteiger charge is -2.29. The van der Waals surface area contributed by atoms with Crippen molar-refractivity contribution < 1.29 is 27.0 Å². The monoisotopic (exact) mass is 466 g/mol. The fraction of sp³-hybridized carbons (Fsp3) is 0.556. The van der Waals surface area contributed by atoms with Crippen LogP contribution >= 0.6 is 0 Å². The van der Waals surface area contributed by atoms with Gasteiger partial charge in [-0.25, -0.2) is 4.39 Å². The molecule has 0 saturated heterocycles. The van der Waals surface area contributed by atoms with Crippen LogP contribution in [0.15, 0.2) is 30.3 Å². The molecular formula is C27H34F4O2. The van der Waals surface area contributed by atoms with Crippen LogP contribution in [0.1, 0.15) is 87.8 Å². The Morgan fingerprint density at radius 1 is 0.939 bits per heavy atom. The largest absolute Gasteiger partial charge is 0.491 e. The molecule has 0 aliphatic heterocycles. The van der Waals surface area contributed by atoms with Crippen molar-refractivity contribution in [1.82, 2.24) is 0 Å². The molecular weight excluding hydrogens is 432 g/mol. The van der Waals surface area contributed by atoms with Crippen LogP contribution in [0.5, 0.6) is 11.5 Å². The second-order valence-electron chi connectivity index (χ2n) is 9.03. The van der Waals surface area contributed by atoms with E-state index in [1.54, 1.807) is 19.1 Å². The van der Waals surface area contributed by atoms with Crippen molar-refractivity contribution in [2.45, 2.75) is 84.2 Å². The number of hydrogen-bond acceptors (Lipinski definition) is 2. The van der Waals surface area contributed by atoms with Crippen LogP contribution in [-0.2, 0) is 6.11 Å². The lowest BCUT2D eigenvalue weighted by Crippen LogP contribution is -2.25. The van der Waals surface area contributed by atoms with Crippen molar-refractivity contribution in [3.8, 4) is 11.5 Å². The van der Waals surface area contributed by atoms with Gasteiger partial charge in [-0.05, 0) is 80.7 Å². The summed E-state index contributed by atoms with van der Waals surface area (Å²) in [5.74, 6) is -2.37. The molecule has 0 aromatic heterocycles. The molecule has 1 aliphatic carbocycles. The molecule has 0 amide bonds. The smallest absolute Gasteiger partial charge is 0.429 e. The van der Waals surface area contributed by atoms with Crippen molar-refractivity contribution in [1.29, 1.82) is 0 Å². The first kappa shape index (κ1) is 25.4. The van der Waals surface area contributed by atoms with Gasteiger partial charge in [0.1, 0.15) is 11.3 Å². The molecule has 1 saturated carbocycles. The highest BCUT2D eigenvalue weighted by molar-refractivity contribution is 5.40. The molecule has 1 aliphatic rings. The van der Waals surface area contributed by atoms with Gasteiger partial charge in [-0.3, -0.25) is 0 Å². The molecule has 2 aromatic rings. The average molecular weight is 467 g/mol. The zero-order chi connectivity index (χ0) is 24.0. The van der Waals surface area contributed by atoms with Gasteiger partial charge in [-0.2, -0.15) is 13.2 Å². The average Bonchev–Trinajstić information content (AvgIpc) is 2.78. The first-order chi connectivity index (χ1) is 15.8. The third-order valence-electron chi connectivity index (χ3n) is 6.62. The van der Waals surface area contributed by atoms with Crippen LogP contribution in [-0.4, -0.2) is 6.61 Å². The Balaban J connectivity index is 1.66. The van der Waals surface area contributed by atoms with Gasteiger partial charge in [0.2, 0.25) is 5.82 Å². The topological polar surface area (TPSA) is 18.5 Å². The molecule has 33 heavy (non-hydrogen) atoms. The number of unbranched alkanes of at least 4 members (excludes halogenated alkanes) is 2. The summed E-state index contributed by atoms with van der Waals surface area (Å²) in [4.78, 5) is 0. The number of rotatable bonds is 10. The number of ether oxygens (including phenoxy) is 2. The Hall–Kier alpha value is -2.24. The van der Waals surface area contributed by atoms with Crippen molar-refractivity contribution in [3.05, 3.63) is 58.7 Å². The summed E-state index contributed by atoms with van der Waals surface area (Å²) >= 11 is 0. The third kappa shape index (κ3) is 6.21. The second kappa shape index (κ2) is 11.3. The fourth-order valence-corrected chi connectivity index (χ4v) is 4.82. The predicted molar refractivity (Wildman–Crippen MR) is 122 cm³/mol. The second-order valence-corrected chi connectivity index (χ2v) is 9.03. The van der Waals surface area contributed by atoms with E-state index in [2.05, 4.69) is 6.92 Å². The summed E-state index contributed by atoms with van der Waals surface area (Å²) in [6.45, 7) is 5.18. The first-order valence-electron chi connectivity index (χ1n) is 12.0. The summed E-state index contributed by atoms with van der Waals surface area (Å²) in [6, 6.07) is 7.63. The zero-order valence-electron chi connectivity index (χ0n) is 19.7. The maximum absolute atomic E-state index is 14.8. The van der Waals surface area contributed by atoms with Gasteiger partial charge in [0.05, 0.1) is 6.61 Å². The molecule has 3 rings (SSSR count). The van der Waals surface area contributed by atoms with E-state index in [9.17, 15) is 17.6 Å². The van der Waals surface area contributed by atoms with Gasteiger partial charge in [0, 0.05) is 0 Å². The van der Waals surface area contributed by atoms with Crippen molar-refractivity contribution in [3.63, 3.8) is 0 Å². The number of halogens is 4. The van der Waals surface area contributed by atoms with Gasteiger partial charge in [-0.15, -0.1) is 0 Å². The highest BCUT2D eigenvalue weighted by Crippen LogP contribution is 2.41. The Bertz CT molecular complexity index is 903. The fourth-order valence-electron chi connectivity index (χ4n) is 4.82. The van der Waals surface area contributed by atoms with E-state index in [4.69, 9.17) is 9.47 Å². The Kier molecular flexibility index (Phi) is 8.66. The minimum atomic E-state index is -4.03. The van der Waals surface area contributed by atoms with Gasteiger partial charge in [-0.1, -0.05) is 44.7 Å². The minimum absolute atomic E-state index is 0.0922. The van der Waals surface area contributed by atoms with E-state index < -0.39 is 29.1 Å². The number of benzene rings is 2. The standard InChI is InChI=1S/C27H34F4O2/c1-4-6-7-8-19-9-11-20(12-10-19)21-13-15-22(16-14-21)33-27(30,31)24-18(3)17-23(32-5-2)25(28)26(24)29/h13-17,19-20H,4-12H2,1-3H3. The van der Waals surface area contributed by atoms with E-state index in [1.165, 1.54) is 57.6 Å². The molecule has 0 unspecified atom stereocenters. The Morgan fingerprint density at radius 2 is 1.61 bits per heavy atom. The van der Waals surface area contributed by atoms with Crippen LogP contribution in [0.4, 0.5) is 17.6 Å². The predicted octanol–water partition coefficient (Wildman–Crippen LogP) is 8.65.